The van der Waals surface area contributed by atoms with Gasteiger partial charge in [-0.3, -0.25) is 0 Å². The second kappa shape index (κ2) is 6.52. The Kier molecular flexibility index (Phi) is 7.11. The predicted molar refractivity (Wildman–Crippen MR) is 52.7 cm³/mol. The highest BCUT2D eigenvalue weighted by Gasteiger charge is 2.29. The van der Waals surface area contributed by atoms with Crippen LogP contribution in [0.2, 0.25) is 0 Å². The van der Waals surface area contributed by atoms with Crippen LogP contribution in [0.15, 0.2) is 0 Å². The lowest BCUT2D eigenvalue weighted by molar-refractivity contribution is 0.185. The first-order chi connectivity index (χ1) is 5.54. The molecular formula is C6H10Cl4O2. The minimum Gasteiger partial charge on any atom is -0.395 e. The summed E-state index contributed by atoms with van der Waals surface area (Å²) in [7, 11) is 0. The van der Waals surface area contributed by atoms with Crippen LogP contribution in [0.4, 0.5) is 0 Å². The van der Waals surface area contributed by atoms with Crippen LogP contribution in [-0.2, 0) is 0 Å². The lowest BCUT2D eigenvalue weighted by Crippen LogP contribution is -2.37. The van der Waals surface area contributed by atoms with Gasteiger partial charge in [-0.05, 0) is 0 Å². The van der Waals surface area contributed by atoms with Gasteiger partial charge in [0.2, 0.25) is 0 Å². The van der Waals surface area contributed by atoms with Gasteiger partial charge in [0, 0.05) is 5.88 Å². The summed E-state index contributed by atoms with van der Waals surface area (Å²) in [4.78, 5) is 0. The van der Waals surface area contributed by atoms with Crippen molar-refractivity contribution in [3.8, 4) is 0 Å². The van der Waals surface area contributed by atoms with E-state index in [2.05, 4.69) is 0 Å². The lowest BCUT2D eigenvalue weighted by Gasteiger charge is -2.22. The molecule has 0 saturated carbocycles. The fraction of sp³-hybridized carbons (Fsp3) is 1.00. The molecule has 0 aromatic heterocycles. The van der Waals surface area contributed by atoms with Crippen molar-refractivity contribution >= 4 is 46.4 Å². The van der Waals surface area contributed by atoms with Crippen molar-refractivity contribution in [3.05, 3.63) is 0 Å². The maximum absolute atomic E-state index is 9.15. The molecule has 0 spiro atoms. The fourth-order valence-electron chi connectivity index (χ4n) is 0.598. The molecule has 2 N–H and O–H groups in total. The van der Waals surface area contributed by atoms with Crippen LogP contribution in [0.25, 0.3) is 0 Å². The van der Waals surface area contributed by atoms with E-state index in [0.717, 1.165) is 0 Å². The molecule has 0 amide bonds. The van der Waals surface area contributed by atoms with Crippen molar-refractivity contribution in [2.45, 2.75) is 22.2 Å². The van der Waals surface area contributed by atoms with Crippen LogP contribution >= 0.6 is 46.4 Å². The lowest BCUT2D eigenvalue weighted by atomic mass is 10.1. The Balaban J connectivity index is 3.99. The summed E-state index contributed by atoms with van der Waals surface area (Å²) in [6.07, 6.45) is -0.913. The van der Waals surface area contributed by atoms with Crippen molar-refractivity contribution in [1.29, 1.82) is 0 Å². The molecule has 74 valence electrons. The Hall–Kier alpha value is 1.08. The van der Waals surface area contributed by atoms with E-state index in [1.165, 1.54) is 0 Å². The van der Waals surface area contributed by atoms with Gasteiger partial charge in [0.25, 0.3) is 0 Å². The average molecular weight is 256 g/mol. The van der Waals surface area contributed by atoms with Crippen LogP contribution in [0.3, 0.4) is 0 Å². The second-order valence-corrected chi connectivity index (χ2v) is 4.19. The van der Waals surface area contributed by atoms with Crippen molar-refractivity contribution in [3.63, 3.8) is 0 Å². The summed E-state index contributed by atoms with van der Waals surface area (Å²) in [5.74, 6) is -0.00752. The SMILES string of the molecule is OCC(Cl)C(Cl)C(Cl)C(O)CCl. The number of aliphatic hydroxyl groups excluding tert-OH is 2. The van der Waals surface area contributed by atoms with E-state index >= 15 is 0 Å². The van der Waals surface area contributed by atoms with E-state index in [0.29, 0.717) is 0 Å². The summed E-state index contributed by atoms with van der Waals surface area (Å²) in [6, 6.07) is 0. The Bertz CT molecular complexity index is 110. The van der Waals surface area contributed by atoms with Gasteiger partial charge in [0.05, 0.1) is 28.8 Å². The molecule has 0 bridgehead atoms. The van der Waals surface area contributed by atoms with E-state index in [-0.39, 0.29) is 12.5 Å². The third kappa shape index (κ3) is 3.86. The maximum atomic E-state index is 9.15. The highest BCUT2D eigenvalue weighted by atomic mass is 35.5. The zero-order valence-corrected chi connectivity index (χ0v) is 9.15. The van der Waals surface area contributed by atoms with Crippen molar-refractivity contribution in [2.75, 3.05) is 12.5 Å². The van der Waals surface area contributed by atoms with Crippen molar-refractivity contribution < 1.29 is 10.2 Å². The van der Waals surface area contributed by atoms with Crippen LogP contribution in [0.1, 0.15) is 0 Å². The standard InChI is InChI=1S/C6H10Cl4O2/c7-1-4(12)6(10)5(9)3(8)2-11/h3-6,11-12H,1-2H2. The third-order valence-electron chi connectivity index (χ3n) is 1.35. The fourth-order valence-corrected chi connectivity index (χ4v) is 1.62. The molecule has 0 saturated heterocycles. The van der Waals surface area contributed by atoms with Gasteiger partial charge in [0.15, 0.2) is 0 Å². The predicted octanol–water partition coefficient (Wildman–Crippen LogP) is 1.40. The normalized spacial score (nSPS) is 21.5. The van der Waals surface area contributed by atoms with Gasteiger partial charge in [0.1, 0.15) is 0 Å². The van der Waals surface area contributed by atoms with Crippen LogP contribution < -0.4 is 0 Å². The largest absolute Gasteiger partial charge is 0.395 e. The smallest absolute Gasteiger partial charge is 0.0853 e. The third-order valence-corrected chi connectivity index (χ3v) is 3.47. The molecule has 2 nitrogen and oxygen atoms in total. The molecule has 0 aliphatic heterocycles. The molecule has 0 heterocycles. The van der Waals surface area contributed by atoms with Gasteiger partial charge < -0.3 is 10.2 Å². The Labute approximate surface area is 91.4 Å². The van der Waals surface area contributed by atoms with Gasteiger partial charge in [-0.1, -0.05) is 0 Å². The zero-order chi connectivity index (χ0) is 9.72. The van der Waals surface area contributed by atoms with Crippen molar-refractivity contribution in [2.24, 2.45) is 0 Å². The number of rotatable bonds is 5. The monoisotopic (exact) mass is 254 g/mol. The number of aliphatic hydroxyl groups is 2. The van der Waals surface area contributed by atoms with Crippen LogP contribution in [0.5, 0.6) is 0 Å². The second-order valence-electron chi connectivity index (χ2n) is 2.31. The first-order valence-electron chi connectivity index (χ1n) is 3.31. The number of alkyl halides is 4. The topological polar surface area (TPSA) is 40.5 Å². The summed E-state index contributed by atoms with van der Waals surface area (Å²) < 4.78 is 0. The molecular weight excluding hydrogens is 246 g/mol. The molecule has 4 unspecified atom stereocenters. The molecule has 0 aliphatic rings. The first-order valence-corrected chi connectivity index (χ1v) is 5.16. The van der Waals surface area contributed by atoms with Gasteiger partial charge in [-0.15, -0.1) is 46.4 Å². The summed E-state index contributed by atoms with van der Waals surface area (Å²) in [6.45, 7) is -0.284. The molecule has 0 aromatic rings. The van der Waals surface area contributed by atoms with E-state index in [1.54, 1.807) is 0 Å². The number of halogens is 4. The van der Waals surface area contributed by atoms with E-state index in [1.807, 2.05) is 0 Å². The van der Waals surface area contributed by atoms with E-state index in [4.69, 9.17) is 56.6 Å². The van der Waals surface area contributed by atoms with Crippen molar-refractivity contribution in [1.82, 2.24) is 0 Å². The highest BCUT2D eigenvalue weighted by molar-refractivity contribution is 6.35. The highest BCUT2D eigenvalue weighted by Crippen LogP contribution is 2.21. The Morgan fingerprint density at radius 2 is 1.58 bits per heavy atom. The average Bonchev–Trinajstić information content (AvgIpc) is 2.12. The quantitative estimate of drug-likeness (QED) is 0.730. The van der Waals surface area contributed by atoms with Gasteiger partial charge >= 0.3 is 0 Å². The molecule has 0 fully saturated rings. The molecule has 4 atom stereocenters. The van der Waals surface area contributed by atoms with Crippen LogP contribution in [0, 0.1) is 0 Å². The van der Waals surface area contributed by atoms with E-state index < -0.39 is 22.2 Å². The minimum atomic E-state index is -0.913. The minimum absolute atomic E-state index is 0.00752. The summed E-state index contributed by atoms with van der Waals surface area (Å²) in [5, 5.41) is 15.6. The van der Waals surface area contributed by atoms with E-state index in [9.17, 15) is 0 Å². The Morgan fingerprint density at radius 3 is 1.92 bits per heavy atom. The Morgan fingerprint density at radius 1 is 1.08 bits per heavy atom. The first kappa shape index (κ1) is 13.1. The molecule has 0 aromatic carbocycles. The number of hydrogen-bond acceptors (Lipinski definition) is 2. The van der Waals surface area contributed by atoms with Gasteiger partial charge in [-0.25, -0.2) is 0 Å². The molecule has 12 heavy (non-hydrogen) atoms. The molecule has 0 rings (SSSR count). The number of hydrogen-bond donors (Lipinski definition) is 2. The maximum Gasteiger partial charge on any atom is 0.0853 e. The van der Waals surface area contributed by atoms with Gasteiger partial charge in [-0.2, -0.15) is 0 Å². The zero-order valence-electron chi connectivity index (χ0n) is 6.13. The molecule has 6 heteroatoms. The molecule has 0 radical (unpaired) electrons. The van der Waals surface area contributed by atoms with Crippen LogP contribution in [-0.4, -0.2) is 44.9 Å². The summed E-state index contributed by atoms with van der Waals surface area (Å²) >= 11 is 22.3. The molecule has 0 aliphatic carbocycles. The summed E-state index contributed by atoms with van der Waals surface area (Å²) in [5.41, 5.74) is 0.